The van der Waals surface area contributed by atoms with Gasteiger partial charge in [0.05, 0.1) is 11.7 Å². The molecule has 1 saturated heterocycles. The first-order chi connectivity index (χ1) is 6.66. The van der Waals surface area contributed by atoms with E-state index < -0.39 is 5.91 Å². The van der Waals surface area contributed by atoms with Gasteiger partial charge >= 0.3 is 0 Å². The fourth-order valence-electron chi connectivity index (χ4n) is 1.36. The highest BCUT2D eigenvalue weighted by Crippen LogP contribution is 2.17. The van der Waals surface area contributed by atoms with E-state index in [4.69, 9.17) is 10.8 Å². The predicted molar refractivity (Wildman–Crippen MR) is 51.0 cm³/mol. The number of aliphatic hydroxyl groups excluding tert-OH is 1. The van der Waals surface area contributed by atoms with Crippen LogP contribution in [0.1, 0.15) is 10.4 Å². The summed E-state index contributed by atoms with van der Waals surface area (Å²) in [7, 11) is 0. The minimum atomic E-state index is -0.479. The van der Waals surface area contributed by atoms with Crippen molar-refractivity contribution in [2.45, 2.75) is 6.10 Å². The molecule has 3 N–H and O–H groups in total. The largest absolute Gasteiger partial charge is 0.389 e. The van der Waals surface area contributed by atoms with Crippen LogP contribution in [0.5, 0.6) is 0 Å². The molecule has 0 aromatic carbocycles. The number of hydrogen-bond donors (Lipinski definition) is 2. The second-order valence-corrected chi connectivity index (χ2v) is 3.33. The van der Waals surface area contributed by atoms with Gasteiger partial charge < -0.3 is 15.7 Å². The first-order valence-corrected chi connectivity index (χ1v) is 4.35. The standard InChI is InChI=1S/C9H11N3O2/c10-9(14)6-1-2-8(11-3-6)12-4-7(13)5-12/h1-3,7,13H,4-5H2,(H2,10,14). The first-order valence-electron chi connectivity index (χ1n) is 4.35. The monoisotopic (exact) mass is 193 g/mol. The third-order valence-electron chi connectivity index (χ3n) is 2.22. The quantitative estimate of drug-likeness (QED) is 0.655. The Morgan fingerprint density at radius 1 is 1.57 bits per heavy atom. The zero-order valence-corrected chi connectivity index (χ0v) is 7.55. The van der Waals surface area contributed by atoms with Gasteiger partial charge in [-0.25, -0.2) is 4.98 Å². The van der Waals surface area contributed by atoms with Gasteiger partial charge in [-0.05, 0) is 12.1 Å². The van der Waals surface area contributed by atoms with Crippen LogP contribution >= 0.6 is 0 Å². The number of β-amino-alcohol motifs (C(OH)–C–C–N with tert-alkyl or cyclic N) is 1. The summed E-state index contributed by atoms with van der Waals surface area (Å²) in [5.74, 6) is 0.285. The number of anilines is 1. The van der Waals surface area contributed by atoms with Crippen molar-refractivity contribution in [1.29, 1.82) is 0 Å². The summed E-state index contributed by atoms with van der Waals surface area (Å²) >= 11 is 0. The van der Waals surface area contributed by atoms with Crippen LogP contribution in [-0.4, -0.2) is 35.2 Å². The van der Waals surface area contributed by atoms with E-state index in [-0.39, 0.29) is 6.10 Å². The highest BCUT2D eigenvalue weighted by Gasteiger charge is 2.25. The van der Waals surface area contributed by atoms with Crippen molar-refractivity contribution in [2.75, 3.05) is 18.0 Å². The minimum absolute atomic E-state index is 0.257. The molecule has 5 nitrogen and oxygen atoms in total. The third kappa shape index (κ3) is 1.54. The molecule has 1 amide bonds. The molecule has 1 aromatic heterocycles. The van der Waals surface area contributed by atoms with E-state index in [1.807, 2.05) is 4.90 Å². The molecule has 0 bridgehead atoms. The SMILES string of the molecule is NC(=O)c1ccc(N2CC(O)C2)nc1. The fourth-order valence-corrected chi connectivity index (χ4v) is 1.36. The van der Waals surface area contributed by atoms with Gasteiger partial charge in [-0.15, -0.1) is 0 Å². The maximum absolute atomic E-state index is 10.7. The maximum Gasteiger partial charge on any atom is 0.250 e. The Labute approximate surface area is 81.2 Å². The van der Waals surface area contributed by atoms with Crippen LogP contribution in [0.4, 0.5) is 5.82 Å². The molecule has 1 aromatic rings. The molecule has 0 atom stereocenters. The minimum Gasteiger partial charge on any atom is -0.389 e. The second kappa shape index (κ2) is 3.26. The molecule has 2 heterocycles. The molecule has 14 heavy (non-hydrogen) atoms. The van der Waals surface area contributed by atoms with Crippen molar-refractivity contribution in [3.8, 4) is 0 Å². The molecule has 2 rings (SSSR count). The number of aliphatic hydroxyl groups is 1. The van der Waals surface area contributed by atoms with Gasteiger partial charge in [-0.3, -0.25) is 4.79 Å². The lowest BCUT2D eigenvalue weighted by atomic mass is 10.1. The van der Waals surface area contributed by atoms with Crippen molar-refractivity contribution >= 4 is 11.7 Å². The summed E-state index contributed by atoms with van der Waals surface area (Å²) in [5, 5.41) is 9.08. The Bertz CT molecular complexity index is 344. The molecular weight excluding hydrogens is 182 g/mol. The molecule has 0 saturated carbocycles. The molecular formula is C9H11N3O2. The second-order valence-electron chi connectivity index (χ2n) is 3.33. The van der Waals surface area contributed by atoms with Crippen LogP contribution < -0.4 is 10.6 Å². The average Bonchev–Trinajstić information content (AvgIpc) is 2.13. The molecule has 0 spiro atoms. The van der Waals surface area contributed by atoms with Crippen molar-refractivity contribution in [3.63, 3.8) is 0 Å². The van der Waals surface area contributed by atoms with Crippen LogP contribution in [0.3, 0.4) is 0 Å². The number of nitrogens with zero attached hydrogens (tertiary/aromatic N) is 2. The van der Waals surface area contributed by atoms with Crippen LogP contribution in [0, 0.1) is 0 Å². The van der Waals surface area contributed by atoms with Gasteiger partial charge in [-0.2, -0.15) is 0 Å². The van der Waals surface area contributed by atoms with Crippen LogP contribution in [0.15, 0.2) is 18.3 Å². The van der Waals surface area contributed by atoms with Gasteiger partial charge in [0.15, 0.2) is 0 Å². The Hall–Kier alpha value is -1.62. The molecule has 5 heteroatoms. The van der Waals surface area contributed by atoms with E-state index in [0.29, 0.717) is 18.7 Å². The van der Waals surface area contributed by atoms with Crippen molar-refractivity contribution in [1.82, 2.24) is 4.98 Å². The third-order valence-corrected chi connectivity index (χ3v) is 2.22. The highest BCUT2D eigenvalue weighted by atomic mass is 16.3. The van der Waals surface area contributed by atoms with Gasteiger partial charge in [0.25, 0.3) is 0 Å². The van der Waals surface area contributed by atoms with Crippen molar-refractivity contribution in [3.05, 3.63) is 23.9 Å². The van der Waals surface area contributed by atoms with Crippen LogP contribution in [-0.2, 0) is 0 Å². The molecule has 0 radical (unpaired) electrons. The number of carbonyl (C=O) groups excluding carboxylic acids is 1. The Morgan fingerprint density at radius 2 is 2.29 bits per heavy atom. The average molecular weight is 193 g/mol. The number of rotatable bonds is 2. The number of primary amides is 1. The number of pyridine rings is 1. The lowest BCUT2D eigenvalue weighted by molar-refractivity contribution is 0.0999. The van der Waals surface area contributed by atoms with E-state index in [1.165, 1.54) is 6.20 Å². The molecule has 1 aliphatic rings. The highest BCUT2D eigenvalue weighted by molar-refractivity contribution is 5.92. The smallest absolute Gasteiger partial charge is 0.250 e. The summed E-state index contributed by atoms with van der Waals surface area (Å²) in [6.45, 7) is 1.20. The van der Waals surface area contributed by atoms with Crippen molar-refractivity contribution in [2.24, 2.45) is 5.73 Å². The van der Waals surface area contributed by atoms with Crippen molar-refractivity contribution < 1.29 is 9.90 Å². The number of hydrogen-bond acceptors (Lipinski definition) is 4. The Kier molecular flexibility index (Phi) is 2.09. The topological polar surface area (TPSA) is 79.5 Å². The van der Waals surface area contributed by atoms with Gasteiger partial charge in [0, 0.05) is 19.3 Å². The van der Waals surface area contributed by atoms with E-state index in [0.717, 1.165) is 5.82 Å². The predicted octanol–water partition coefficient (Wildman–Crippen LogP) is -0.639. The molecule has 74 valence electrons. The van der Waals surface area contributed by atoms with Gasteiger partial charge in [0.1, 0.15) is 5.82 Å². The van der Waals surface area contributed by atoms with Gasteiger partial charge in [-0.1, -0.05) is 0 Å². The van der Waals surface area contributed by atoms with E-state index in [9.17, 15) is 4.79 Å². The fraction of sp³-hybridized carbons (Fsp3) is 0.333. The Morgan fingerprint density at radius 3 is 2.71 bits per heavy atom. The summed E-state index contributed by atoms with van der Waals surface area (Å²) in [4.78, 5) is 16.7. The van der Waals surface area contributed by atoms with Gasteiger partial charge in [0.2, 0.25) is 5.91 Å². The summed E-state index contributed by atoms with van der Waals surface area (Å²) in [6.07, 6.45) is 1.19. The lowest BCUT2D eigenvalue weighted by Gasteiger charge is -2.36. The molecule has 1 fully saturated rings. The number of amides is 1. The van der Waals surface area contributed by atoms with E-state index >= 15 is 0 Å². The van der Waals surface area contributed by atoms with Crippen LogP contribution in [0.2, 0.25) is 0 Å². The number of carbonyl (C=O) groups is 1. The lowest BCUT2D eigenvalue weighted by Crippen LogP contribution is -2.51. The van der Waals surface area contributed by atoms with Crippen LogP contribution in [0.25, 0.3) is 0 Å². The Balaban J connectivity index is 2.10. The molecule has 0 unspecified atom stereocenters. The van der Waals surface area contributed by atoms with E-state index in [1.54, 1.807) is 12.1 Å². The number of aromatic nitrogens is 1. The first kappa shape index (κ1) is 8.96. The molecule has 0 aliphatic carbocycles. The van der Waals surface area contributed by atoms with E-state index in [2.05, 4.69) is 4.98 Å². The molecule has 1 aliphatic heterocycles. The zero-order chi connectivity index (χ0) is 10.1. The number of nitrogens with two attached hydrogens (primary N) is 1. The maximum atomic E-state index is 10.7. The zero-order valence-electron chi connectivity index (χ0n) is 7.55. The normalized spacial score (nSPS) is 16.5. The summed E-state index contributed by atoms with van der Waals surface area (Å²) in [5.41, 5.74) is 5.47. The summed E-state index contributed by atoms with van der Waals surface area (Å²) < 4.78 is 0. The summed E-state index contributed by atoms with van der Waals surface area (Å²) in [6, 6.07) is 3.36.